The summed E-state index contributed by atoms with van der Waals surface area (Å²) in [5, 5.41) is 3.52. The molecule has 0 unspecified atom stereocenters. The van der Waals surface area contributed by atoms with Gasteiger partial charge < -0.3 is 38.2 Å². The van der Waals surface area contributed by atoms with Crippen LogP contribution in [0.15, 0.2) is 72.8 Å². The molecule has 6 heterocycles. The molecule has 24 nitrogen and oxygen atoms in total. The van der Waals surface area contributed by atoms with Gasteiger partial charge in [-0.2, -0.15) is 9.97 Å². The molecule has 0 spiro atoms. The number of carbonyl (C=O) groups excluding carboxylic acids is 8. The van der Waals surface area contributed by atoms with Crippen molar-refractivity contribution in [2.75, 3.05) is 13.1 Å². The average molecular weight is 1660 g/mol. The minimum Gasteiger partial charge on any atom is -0.475 e. The molecule has 2 aromatic carbocycles. The highest BCUT2D eigenvalue weighted by molar-refractivity contribution is 7.92. The molecule has 4 saturated carbocycles. The number of amides is 4. The molecule has 6 fully saturated rings. The number of ether oxygens (including phenoxy) is 6. The number of aromatic nitrogens is 2. The number of allylic oxidation sites excluding steroid dienone is 4. The van der Waals surface area contributed by atoms with Crippen LogP contribution in [0.5, 0.6) is 23.5 Å². The number of sulfonamides is 2. The predicted octanol–water partition coefficient (Wildman–Crippen LogP) is 14.7. The number of fused-ring (bicyclic) bond motifs is 6. The number of pyridine rings is 2. The number of Topliss-reactive ketones (excluding diaryl/α,β-unsaturated/α-hetero) is 2. The Labute approximate surface area is 681 Å². The van der Waals surface area contributed by atoms with Crippen molar-refractivity contribution in [2.45, 2.75) is 284 Å². The van der Waals surface area contributed by atoms with Crippen molar-refractivity contribution >= 4 is 112 Å². The standard InChI is InChI=1S/2C43H58ClN3O9S/c2*1-25(2)54-36-20-32-30(14-11-15-33(32)44)38(45-36)55-29-19-34-35(48)23-43(40(51)46-57(52,53)42(8)16-17-42)22-28(43)13-10-9-12-26(3)18-27(4)31(39(50)47(34)24-29)21-37(49)56-41(5,6)7/h2*10-11,13-15,20,25-29,31,34H,9,12,16-19,21-24H2,1-8H3,(H,46,51)/b2*13-10-/t26-,27+,28+,29+,31-,34-,43+;26-,27-,28-,29-,31+,34+,43-/m01/s1. The Balaban J connectivity index is 0.000000225. The van der Waals surface area contributed by atoms with E-state index in [1.165, 1.54) is 9.80 Å². The van der Waals surface area contributed by atoms with Gasteiger partial charge in [-0.3, -0.25) is 47.8 Å². The summed E-state index contributed by atoms with van der Waals surface area (Å²) in [6.45, 7) is 29.6. The third-order valence-corrected chi connectivity index (χ3v) is 29.0. The second-order valence-corrected chi connectivity index (χ2v) is 42.1. The molecule has 0 bridgehead atoms. The summed E-state index contributed by atoms with van der Waals surface area (Å²) < 4.78 is 92.2. The van der Waals surface area contributed by atoms with Crippen LogP contribution in [0.4, 0.5) is 0 Å². The number of benzene rings is 2. The van der Waals surface area contributed by atoms with Crippen LogP contribution in [-0.4, -0.2) is 154 Å². The van der Waals surface area contributed by atoms with Crippen molar-refractivity contribution in [3.05, 3.63) is 82.9 Å². The molecular weight excluding hydrogens is 1540 g/mol. The maximum Gasteiger partial charge on any atom is 0.307 e. The first-order valence-electron chi connectivity index (χ1n) is 40.6. The summed E-state index contributed by atoms with van der Waals surface area (Å²) in [5.74, 6) is -5.18. The fraction of sp³-hybridized carbons (Fsp3) is 0.651. The predicted molar refractivity (Wildman–Crippen MR) is 434 cm³/mol. The van der Waals surface area contributed by atoms with E-state index in [1.54, 1.807) is 91.8 Å². The van der Waals surface area contributed by atoms with E-state index in [4.69, 9.17) is 51.6 Å². The molecule has 2 aromatic heterocycles. The smallest absolute Gasteiger partial charge is 0.307 e. The van der Waals surface area contributed by atoms with Crippen molar-refractivity contribution < 1.29 is 83.6 Å². The van der Waals surface area contributed by atoms with Gasteiger partial charge in [-0.05, 0) is 220 Å². The molecule has 28 heteroatoms. The number of esters is 2. The van der Waals surface area contributed by atoms with Gasteiger partial charge in [0.1, 0.15) is 23.4 Å². The van der Waals surface area contributed by atoms with Gasteiger partial charge in [-0.25, -0.2) is 16.8 Å². The summed E-state index contributed by atoms with van der Waals surface area (Å²) in [6, 6.07) is 12.2. The molecule has 4 aliphatic carbocycles. The van der Waals surface area contributed by atoms with Gasteiger partial charge in [0, 0.05) is 69.4 Å². The molecule has 8 aliphatic rings. The van der Waals surface area contributed by atoms with E-state index in [0.29, 0.717) is 108 Å². The lowest BCUT2D eigenvalue weighted by Gasteiger charge is -2.32. The summed E-state index contributed by atoms with van der Waals surface area (Å²) in [6.07, 6.45) is 12.2. The second-order valence-electron chi connectivity index (χ2n) is 36.9. The van der Waals surface area contributed by atoms with Gasteiger partial charge >= 0.3 is 11.9 Å². The number of ketones is 2. The van der Waals surface area contributed by atoms with Crippen LogP contribution in [-0.2, 0) is 67.9 Å². The number of rotatable bonds is 18. The van der Waals surface area contributed by atoms with Crippen molar-refractivity contribution in [3.8, 4) is 23.5 Å². The van der Waals surface area contributed by atoms with Gasteiger partial charge in [-0.1, -0.05) is 87.3 Å². The SMILES string of the molecule is CC(C)Oc1cc2c(Cl)cccc2c(O[C@@H]2C[C@H]3C(=O)C[C@]4(C(=O)NS(=O)(=O)C5(C)CC5)C[C@H]4/C=C\CC[C@@H](C)C[C@@H](C)[C@H](CC(=O)OC(C)(C)C)C(=O)N3C2)n1.CC(C)Oc1cc2c(Cl)cccc2c(O[C@@H]2C[C@H]3C(=O)C[C@]4(C(=O)NS(=O)(=O)C5(C)CC5)C[C@H]4/C=C\CC[C@H](C)C[C@@H](C)[C@H](CC(=O)OC(C)(C)C)C(=O)N3C2)n1. The van der Waals surface area contributed by atoms with Crippen LogP contribution in [0.1, 0.15) is 226 Å². The lowest BCUT2D eigenvalue weighted by Crippen LogP contribution is -2.48. The molecule has 14 atom stereocenters. The van der Waals surface area contributed by atoms with Crippen LogP contribution in [0.2, 0.25) is 10.0 Å². The fourth-order valence-electron chi connectivity index (χ4n) is 16.8. The Morgan fingerprint density at radius 3 is 1.25 bits per heavy atom. The second kappa shape index (κ2) is 33.9. The number of halogens is 2. The number of nitrogens with one attached hydrogen (secondary N) is 2. The molecule has 624 valence electrons. The van der Waals surface area contributed by atoms with Gasteiger partial charge in [0.25, 0.3) is 0 Å². The Hall–Kier alpha value is -7.42. The third kappa shape index (κ3) is 20.4. The zero-order valence-electron chi connectivity index (χ0n) is 68.9. The van der Waals surface area contributed by atoms with Crippen LogP contribution >= 0.6 is 23.2 Å². The Morgan fingerprint density at radius 1 is 0.553 bits per heavy atom. The highest BCUT2D eigenvalue weighted by atomic mass is 35.5. The van der Waals surface area contributed by atoms with E-state index in [1.807, 2.05) is 78.0 Å². The molecule has 4 aliphatic heterocycles. The lowest BCUT2D eigenvalue weighted by atomic mass is 9.82. The van der Waals surface area contributed by atoms with Crippen LogP contribution in [0.25, 0.3) is 21.5 Å². The topological polar surface area (TPSA) is 317 Å². The van der Waals surface area contributed by atoms with E-state index in [9.17, 15) is 55.2 Å². The van der Waals surface area contributed by atoms with Crippen molar-refractivity contribution in [3.63, 3.8) is 0 Å². The average Bonchev–Trinajstić information content (AvgIpc) is 1.57. The fourth-order valence-corrected chi connectivity index (χ4v) is 19.9. The third-order valence-electron chi connectivity index (χ3n) is 24.0. The highest BCUT2D eigenvalue weighted by Crippen LogP contribution is 2.59. The molecule has 2 N–H and O–H groups in total. The van der Waals surface area contributed by atoms with Gasteiger partial charge in [-0.15, -0.1) is 0 Å². The monoisotopic (exact) mass is 1650 g/mol. The van der Waals surface area contributed by atoms with Gasteiger partial charge in [0.15, 0.2) is 11.6 Å². The molecule has 12 rings (SSSR count). The van der Waals surface area contributed by atoms with Crippen molar-refractivity contribution in [1.82, 2.24) is 29.2 Å². The van der Waals surface area contributed by atoms with Crippen molar-refractivity contribution in [2.24, 2.45) is 58.2 Å². The molecule has 0 radical (unpaired) electrons. The maximum atomic E-state index is 15.0. The van der Waals surface area contributed by atoms with Crippen LogP contribution in [0.3, 0.4) is 0 Å². The maximum absolute atomic E-state index is 15.0. The molecule has 2 saturated heterocycles. The van der Waals surface area contributed by atoms with E-state index in [2.05, 4.69) is 33.3 Å². The Morgan fingerprint density at radius 2 is 0.912 bits per heavy atom. The normalized spacial score (nSPS) is 29.8. The Bertz CT molecular complexity index is 4370. The van der Waals surface area contributed by atoms with E-state index >= 15 is 0 Å². The van der Waals surface area contributed by atoms with Crippen LogP contribution in [0, 0.1) is 58.2 Å². The van der Waals surface area contributed by atoms with Gasteiger partial charge in [0.05, 0.1) is 82.4 Å². The number of hydrogen-bond acceptors (Lipinski definition) is 20. The van der Waals surface area contributed by atoms with E-state index in [0.717, 1.165) is 12.8 Å². The zero-order valence-corrected chi connectivity index (χ0v) is 72.0. The largest absolute Gasteiger partial charge is 0.475 e. The van der Waals surface area contributed by atoms with Crippen molar-refractivity contribution in [1.29, 1.82) is 0 Å². The van der Waals surface area contributed by atoms with Gasteiger partial charge in [0.2, 0.25) is 67.2 Å². The lowest BCUT2D eigenvalue weighted by molar-refractivity contribution is -0.160. The van der Waals surface area contributed by atoms with E-state index in [-0.39, 0.29) is 134 Å². The quantitative estimate of drug-likeness (QED) is 0.0690. The summed E-state index contributed by atoms with van der Waals surface area (Å²) in [4.78, 5) is 127. The number of carbonyl (C=O) groups is 8. The molecular formula is C86H116Cl2N6O18S2. The zero-order chi connectivity index (χ0) is 83.3. The highest BCUT2D eigenvalue weighted by Gasteiger charge is 2.65. The summed E-state index contributed by atoms with van der Waals surface area (Å²) in [7, 11) is -7.93. The first kappa shape index (κ1) is 87.4. The molecule has 4 amide bonds. The Kier molecular flexibility index (Phi) is 26.0. The summed E-state index contributed by atoms with van der Waals surface area (Å²) in [5.41, 5.74) is -4.10. The first-order valence-corrected chi connectivity index (χ1v) is 44.4. The first-order chi connectivity index (χ1) is 53.2. The number of hydrogen-bond donors (Lipinski definition) is 2. The minimum atomic E-state index is -3.97. The summed E-state index contributed by atoms with van der Waals surface area (Å²) >= 11 is 13.2. The van der Waals surface area contributed by atoms with Crippen LogP contribution < -0.4 is 28.4 Å². The van der Waals surface area contributed by atoms with E-state index < -0.39 is 111 Å². The molecule has 114 heavy (non-hydrogen) atoms. The number of nitrogens with zero attached hydrogens (tertiary/aromatic N) is 4. The minimum absolute atomic E-state index is 0.0105. The molecule has 4 aromatic rings.